The Morgan fingerprint density at radius 3 is 2.48 bits per heavy atom. The zero-order valence-electron chi connectivity index (χ0n) is 17.1. The highest BCUT2D eigenvalue weighted by molar-refractivity contribution is 5.94. The normalized spacial score (nSPS) is 10.4. The summed E-state index contributed by atoms with van der Waals surface area (Å²) in [5, 5.41) is 6.48. The van der Waals surface area contributed by atoms with Crippen molar-refractivity contribution < 1.29 is 9.53 Å². The molecular formula is C25H28N2O2. The molecule has 0 aliphatic rings. The molecule has 3 aromatic carbocycles. The lowest BCUT2D eigenvalue weighted by Crippen LogP contribution is -2.25. The molecule has 29 heavy (non-hydrogen) atoms. The first-order valence-corrected chi connectivity index (χ1v) is 10.0. The summed E-state index contributed by atoms with van der Waals surface area (Å²) in [5.41, 5.74) is 5.37. The Morgan fingerprint density at radius 1 is 0.931 bits per heavy atom. The molecule has 0 atom stereocenters. The zero-order valence-corrected chi connectivity index (χ0v) is 17.1. The van der Waals surface area contributed by atoms with Crippen molar-refractivity contribution in [2.24, 2.45) is 0 Å². The van der Waals surface area contributed by atoms with E-state index in [0.717, 1.165) is 29.8 Å². The molecule has 0 unspecified atom stereocenters. The number of nitrogens with one attached hydrogen (secondary N) is 2. The molecule has 4 nitrogen and oxygen atoms in total. The number of benzene rings is 3. The molecule has 0 spiro atoms. The van der Waals surface area contributed by atoms with Crippen LogP contribution in [-0.4, -0.2) is 19.6 Å². The van der Waals surface area contributed by atoms with Crippen LogP contribution in [0.15, 0.2) is 72.8 Å². The van der Waals surface area contributed by atoms with Gasteiger partial charge in [0.1, 0.15) is 5.75 Å². The third-order valence-corrected chi connectivity index (χ3v) is 4.93. The number of ether oxygens (including phenoxy) is 1. The molecule has 3 aromatic rings. The summed E-state index contributed by atoms with van der Waals surface area (Å²) in [7, 11) is 1.65. The van der Waals surface area contributed by atoms with Crippen molar-refractivity contribution in [1.82, 2.24) is 5.32 Å². The highest BCUT2D eigenvalue weighted by Gasteiger charge is 2.07. The predicted molar refractivity (Wildman–Crippen MR) is 119 cm³/mol. The number of rotatable bonds is 9. The monoisotopic (exact) mass is 388 g/mol. The summed E-state index contributed by atoms with van der Waals surface area (Å²) < 4.78 is 5.17. The molecule has 3 rings (SSSR count). The van der Waals surface area contributed by atoms with Crippen LogP contribution in [0.4, 0.5) is 5.69 Å². The minimum atomic E-state index is -0.0469. The number of hydrogen-bond acceptors (Lipinski definition) is 3. The lowest BCUT2D eigenvalue weighted by atomic mass is 10.1. The van der Waals surface area contributed by atoms with Crippen molar-refractivity contribution in [3.05, 3.63) is 95.1 Å². The Labute approximate surface area is 172 Å². The second-order valence-corrected chi connectivity index (χ2v) is 6.92. The first-order valence-electron chi connectivity index (χ1n) is 10.0. The molecule has 4 heteroatoms. The van der Waals surface area contributed by atoms with Crippen LogP contribution in [0.5, 0.6) is 5.75 Å². The van der Waals surface area contributed by atoms with E-state index in [0.29, 0.717) is 18.7 Å². The van der Waals surface area contributed by atoms with E-state index in [1.165, 1.54) is 11.1 Å². The van der Waals surface area contributed by atoms with Gasteiger partial charge in [-0.2, -0.15) is 0 Å². The van der Waals surface area contributed by atoms with Crippen LogP contribution in [0.1, 0.15) is 34.0 Å². The molecule has 0 aromatic heterocycles. The molecule has 0 radical (unpaired) electrons. The van der Waals surface area contributed by atoms with Gasteiger partial charge in [-0.15, -0.1) is 0 Å². The second kappa shape index (κ2) is 10.3. The zero-order chi connectivity index (χ0) is 20.5. The Bertz CT molecular complexity index is 936. The minimum Gasteiger partial charge on any atom is -0.497 e. The first kappa shape index (κ1) is 20.5. The summed E-state index contributed by atoms with van der Waals surface area (Å²) in [6.45, 7) is 3.43. The van der Waals surface area contributed by atoms with Crippen molar-refractivity contribution in [2.45, 2.75) is 26.3 Å². The fourth-order valence-electron chi connectivity index (χ4n) is 3.24. The average molecular weight is 389 g/mol. The molecule has 2 N–H and O–H groups in total. The molecule has 0 aliphatic heterocycles. The lowest BCUT2D eigenvalue weighted by Gasteiger charge is -2.12. The van der Waals surface area contributed by atoms with E-state index in [2.05, 4.69) is 35.8 Å². The van der Waals surface area contributed by atoms with Crippen LogP contribution in [-0.2, 0) is 19.4 Å². The van der Waals surface area contributed by atoms with Crippen LogP contribution in [0.3, 0.4) is 0 Å². The molecule has 150 valence electrons. The number of amides is 1. The van der Waals surface area contributed by atoms with E-state index in [9.17, 15) is 4.79 Å². The summed E-state index contributed by atoms with van der Waals surface area (Å²) in [5.74, 6) is 0.791. The van der Waals surface area contributed by atoms with Gasteiger partial charge in [-0.3, -0.25) is 4.79 Å². The lowest BCUT2D eigenvalue weighted by molar-refractivity contribution is 0.0954. The van der Waals surface area contributed by atoms with Gasteiger partial charge < -0.3 is 15.4 Å². The van der Waals surface area contributed by atoms with E-state index >= 15 is 0 Å². The van der Waals surface area contributed by atoms with Crippen molar-refractivity contribution in [3.63, 3.8) is 0 Å². The fourth-order valence-corrected chi connectivity index (χ4v) is 3.24. The standard InChI is InChI=1S/C25H28N2O2/c1-3-21-8-4-5-10-24(21)27-18-20-7-6-9-22(17-20)25(28)26-16-15-19-11-13-23(29-2)14-12-19/h4-14,17,27H,3,15-16,18H2,1-2H3,(H,26,28). The Kier molecular flexibility index (Phi) is 7.28. The van der Waals surface area contributed by atoms with Crippen LogP contribution in [0.2, 0.25) is 0 Å². The van der Waals surface area contributed by atoms with E-state index < -0.39 is 0 Å². The van der Waals surface area contributed by atoms with Gasteiger partial charge in [-0.1, -0.05) is 49.4 Å². The number of carbonyl (C=O) groups excluding carboxylic acids is 1. The highest BCUT2D eigenvalue weighted by atomic mass is 16.5. The smallest absolute Gasteiger partial charge is 0.251 e. The quantitative estimate of drug-likeness (QED) is 0.551. The third-order valence-electron chi connectivity index (χ3n) is 4.93. The Morgan fingerprint density at radius 2 is 1.72 bits per heavy atom. The third kappa shape index (κ3) is 5.85. The number of methoxy groups -OCH3 is 1. The Balaban J connectivity index is 1.53. The maximum Gasteiger partial charge on any atom is 0.251 e. The highest BCUT2D eigenvalue weighted by Crippen LogP contribution is 2.17. The molecular weight excluding hydrogens is 360 g/mol. The summed E-state index contributed by atoms with van der Waals surface area (Å²) in [6, 6.07) is 24.0. The SMILES string of the molecule is CCc1ccccc1NCc1cccc(C(=O)NCCc2ccc(OC)cc2)c1. The minimum absolute atomic E-state index is 0.0469. The van der Waals surface area contributed by atoms with Crippen LogP contribution in [0, 0.1) is 0 Å². The van der Waals surface area contributed by atoms with Gasteiger partial charge in [0.25, 0.3) is 5.91 Å². The van der Waals surface area contributed by atoms with E-state index in [4.69, 9.17) is 4.74 Å². The van der Waals surface area contributed by atoms with Gasteiger partial charge in [0, 0.05) is 24.3 Å². The van der Waals surface area contributed by atoms with Crippen molar-refractivity contribution in [3.8, 4) is 5.75 Å². The predicted octanol–water partition coefficient (Wildman–Crippen LogP) is 4.84. The van der Waals surface area contributed by atoms with Gasteiger partial charge in [0.05, 0.1) is 7.11 Å². The Hall–Kier alpha value is -3.27. The number of hydrogen-bond donors (Lipinski definition) is 2. The van der Waals surface area contributed by atoms with Gasteiger partial charge in [-0.05, 0) is 59.9 Å². The number of para-hydroxylation sites is 1. The van der Waals surface area contributed by atoms with Crippen molar-refractivity contribution >= 4 is 11.6 Å². The summed E-state index contributed by atoms with van der Waals surface area (Å²) in [4.78, 5) is 12.5. The van der Waals surface area contributed by atoms with Gasteiger partial charge in [0.2, 0.25) is 0 Å². The van der Waals surface area contributed by atoms with Crippen LogP contribution < -0.4 is 15.4 Å². The number of carbonyl (C=O) groups is 1. The molecule has 0 heterocycles. The molecule has 0 aliphatic carbocycles. The second-order valence-electron chi connectivity index (χ2n) is 6.92. The first-order chi connectivity index (χ1) is 14.2. The average Bonchev–Trinajstić information content (AvgIpc) is 2.78. The molecule has 0 bridgehead atoms. The van der Waals surface area contributed by atoms with E-state index in [1.54, 1.807) is 7.11 Å². The number of anilines is 1. The summed E-state index contributed by atoms with van der Waals surface area (Å²) >= 11 is 0. The molecule has 1 amide bonds. The van der Waals surface area contributed by atoms with Crippen molar-refractivity contribution in [1.29, 1.82) is 0 Å². The van der Waals surface area contributed by atoms with E-state index in [-0.39, 0.29) is 5.91 Å². The van der Waals surface area contributed by atoms with Gasteiger partial charge in [0.15, 0.2) is 0 Å². The van der Waals surface area contributed by atoms with Crippen LogP contribution >= 0.6 is 0 Å². The molecule has 0 saturated heterocycles. The molecule has 0 saturated carbocycles. The van der Waals surface area contributed by atoms with Gasteiger partial charge in [-0.25, -0.2) is 0 Å². The maximum absolute atomic E-state index is 12.5. The van der Waals surface area contributed by atoms with Crippen molar-refractivity contribution in [2.75, 3.05) is 19.0 Å². The topological polar surface area (TPSA) is 50.4 Å². The number of aryl methyl sites for hydroxylation is 1. The maximum atomic E-state index is 12.5. The van der Waals surface area contributed by atoms with Crippen LogP contribution in [0.25, 0.3) is 0 Å². The fraction of sp³-hybridized carbons (Fsp3) is 0.240. The summed E-state index contributed by atoms with van der Waals surface area (Å²) in [6.07, 6.45) is 1.77. The largest absolute Gasteiger partial charge is 0.497 e. The molecule has 0 fully saturated rings. The van der Waals surface area contributed by atoms with E-state index in [1.807, 2.05) is 54.6 Å². The van der Waals surface area contributed by atoms with Gasteiger partial charge >= 0.3 is 0 Å².